The number of aromatic nitrogens is 2. The number of ether oxygens (including phenoxy) is 1. The van der Waals surface area contributed by atoms with Crippen molar-refractivity contribution in [3.8, 4) is 0 Å². The van der Waals surface area contributed by atoms with Gasteiger partial charge in [0, 0.05) is 31.6 Å². The van der Waals surface area contributed by atoms with Gasteiger partial charge < -0.3 is 15.0 Å². The van der Waals surface area contributed by atoms with E-state index in [-0.39, 0.29) is 35.9 Å². The van der Waals surface area contributed by atoms with Gasteiger partial charge in [-0.25, -0.2) is 8.42 Å². The Bertz CT molecular complexity index is 1380. The van der Waals surface area contributed by atoms with E-state index in [1.54, 1.807) is 36.4 Å². The van der Waals surface area contributed by atoms with E-state index in [1.807, 2.05) is 18.7 Å². The van der Waals surface area contributed by atoms with Crippen LogP contribution in [0.1, 0.15) is 13.8 Å². The van der Waals surface area contributed by atoms with E-state index in [0.29, 0.717) is 42.9 Å². The second-order valence-electron chi connectivity index (χ2n) is 8.10. The molecule has 2 aromatic carbocycles. The lowest BCUT2D eigenvalue weighted by Crippen LogP contribution is -2.40. The van der Waals surface area contributed by atoms with Crippen LogP contribution in [0.15, 0.2) is 58.4 Å². The maximum absolute atomic E-state index is 13.2. The largest absolute Gasteiger partial charge is 0.379 e. The number of morpholine rings is 1. The molecule has 0 saturated carbocycles. The zero-order chi connectivity index (χ0) is 25.0. The SMILES string of the molecule is CCN(CC)c1ccc(S(=O)(=O)N2CCOCC2)cc1NC(=O)Cn1ncc(=O)c2ccccc21. The monoisotopic (exact) mass is 499 g/mol. The topological polar surface area (TPSA) is 114 Å². The number of fused-ring (bicyclic) bond motifs is 1. The number of benzene rings is 2. The van der Waals surface area contributed by atoms with Gasteiger partial charge in [-0.1, -0.05) is 12.1 Å². The van der Waals surface area contributed by atoms with Crippen molar-refractivity contribution in [2.75, 3.05) is 49.6 Å². The van der Waals surface area contributed by atoms with Gasteiger partial charge in [-0.3, -0.25) is 14.3 Å². The predicted molar refractivity (Wildman–Crippen MR) is 134 cm³/mol. The van der Waals surface area contributed by atoms with Crippen LogP contribution >= 0.6 is 0 Å². The van der Waals surface area contributed by atoms with Crippen molar-refractivity contribution >= 4 is 38.2 Å². The third kappa shape index (κ3) is 5.21. The van der Waals surface area contributed by atoms with E-state index >= 15 is 0 Å². The van der Waals surface area contributed by atoms with E-state index in [0.717, 1.165) is 5.69 Å². The molecule has 0 unspecified atom stereocenters. The third-order valence-electron chi connectivity index (χ3n) is 6.01. The van der Waals surface area contributed by atoms with E-state index < -0.39 is 10.0 Å². The molecule has 11 heteroatoms. The van der Waals surface area contributed by atoms with Crippen LogP contribution in [0.3, 0.4) is 0 Å². The molecule has 2 heterocycles. The van der Waals surface area contributed by atoms with Crippen LogP contribution < -0.4 is 15.6 Å². The summed E-state index contributed by atoms with van der Waals surface area (Å²) in [4.78, 5) is 27.3. The summed E-state index contributed by atoms with van der Waals surface area (Å²) in [5, 5.41) is 7.46. The number of nitrogens with one attached hydrogen (secondary N) is 1. The van der Waals surface area contributed by atoms with Crippen LogP contribution in [-0.4, -0.2) is 67.8 Å². The summed E-state index contributed by atoms with van der Waals surface area (Å²) in [7, 11) is -3.74. The molecular weight excluding hydrogens is 470 g/mol. The summed E-state index contributed by atoms with van der Waals surface area (Å²) in [5.74, 6) is -0.388. The predicted octanol–water partition coefficient (Wildman–Crippen LogP) is 1.90. The van der Waals surface area contributed by atoms with Gasteiger partial charge >= 0.3 is 0 Å². The van der Waals surface area contributed by atoms with Crippen molar-refractivity contribution in [2.45, 2.75) is 25.3 Å². The van der Waals surface area contributed by atoms with Crippen molar-refractivity contribution in [1.29, 1.82) is 0 Å². The number of nitrogens with zero attached hydrogens (tertiary/aromatic N) is 4. The van der Waals surface area contributed by atoms with Gasteiger partial charge in [0.2, 0.25) is 21.4 Å². The van der Waals surface area contributed by atoms with Crippen molar-refractivity contribution in [2.24, 2.45) is 0 Å². The van der Waals surface area contributed by atoms with Crippen LogP contribution in [0, 0.1) is 0 Å². The first-order valence-electron chi connectivity index (χ1n) is 11.6. The maximum Gasteiger partial charge on any atom is 0.246 e. The summed E-state index contributed by atoms with van der Waals surface area (Å²) < 4.78 is 34.6. The van der Waals surface area contributed by atoms with Gasteiger partial charge in [0.15, 0.2) is 0 Å². The number of para-hydroxylation sites is 1. The van der Waals surface area contributed by atoms with Gasteiger partial charge in [-0.05, 0) is 44.2 Å². The van der Waals surface area contributed by atoms with Crippen LogP contribution in [0.4, 0.5) is 11.4 Å². The van der Waals surface area contributed by atoms with Crippen molar-refractivity contribution in [3.63, 3.8) is 0 Å². The molecule has 3 aromatic rings. The molecule has 1 aliphatic heterocycles. The quantitative estimate of drug-likeness (QED) is 0.504. The van der Waals surface area contributed by atoms with Crippen molar-refractivity contribution in [1.82, 2.24) is 14.1 Å². The zero-order valence-electron chi connectivity index (χ0n) is 19.8. The highest BCUT2D eigenvalue weighted by Crippen LogP contribution is 2.30. The van der Waals surface area contributed by atoms with Crippen molar-refractivity contribution in [3.05, 3.63) is 58.9 Å². The fraction of sp³-hybridized carbons (Fsp3) is 0.375. The van der Waals surface area contributed by atoms with Crippen LogP contribution in [0.5, 0.6) is 0 Å². The zero-order valence-corrected chi connectivity index (χ0v) is 20.6. The second-order valence-corrected chi connectivity index (χ2v) is 10.0. The Morgan fingerprint density at radius 1 is 1.11 bits per heavy atom. The lowest BCUT2D eigenvalue weighted by molar-refractivity contribution is -0.116. The number of carbonyl (C=O) groups is 1. The highest BCUT2D eigenvalue weighted by molar-refractivity contribution is 7.89. The minimum atomic E-state index is -3.74. The van der Waals surface area contributed by atoms with E-state index in [1.165, 1.54) is 21.3 Å². The number of carbonyl (C=O) groups excluding carboxylic acids is 1. The first kappa shape index (κ1) is 24.8. The average molecular weight is 500 g/mol. The summed E-state index contributed by atoms with van der Waals surface area (Å²) in [6.07, 6.45) is 1.19. The third-order valence-corrected chi connectivity index (χ3v) is 7.90. The maximum atomic E-state index is 13.2. The molecule has 1 aliphatic rings. The molecule has 0 atom stereocenters. The molecule has 1 N–H and O–H groups in total. The fourth-order valence-corrected chi connectivity index (χ4v) is 5.60. The summed E-state index contributed by atoms with van der Waals surface area (Å²) in [6.45, 7) is 6.47. The number of amides is 1. The van der Waals surface area contributed by atoms with Gasteiger partial charge in [-0.15, -0.1) is 0 Å². The Morgan fingerprint density at radius 3 is 2.54 bits per heavy atom. The van der Waals surface area contributed by atoms with Crippen LogP contribution in [0.25, 0.3) is 10.9 Å². The van der Waals surface area contributed by atoms with Crippen LogP contribution in [-0.2, 0) is 26.1 Å². The Kier molecular flexibility index (Phi) is 7.48. The molecule has 186 valence electrons. The first-order valence-corrected chi connectivity index (χ1v) is 13.0. The summed E-state index contributed by atoms with van der Waals surface area (Å²) >= 11 is 0. The Hall–Kier alpha value is -3.28. The molecule has 4 rings (SSSR count). The molecule has 1 amide bonds. The molecule has 1 aromatic heterocycles. The van der Waals surface area contributed by atoms with Gasteiger partial charge in [-0.2, -0.15) is 9.40 Å². The highest BCUT2D eigenvalue weighted by Gasteiger charge is 2.27. The van der Waals surface area contributed by atoms with Gasteiger partial charge in [0.05, 0.1) is 41.2 Å². The molecule has 35 heavy (non-hydrogen) atoms. The number of sulfonamides is 1. The molecule has 1 fully saturated rings. The number of hydrogen-bond acceptors (Lipinski definition) is 7. The van der Waals surface area contributed by atoms with Gasteiger partial charge in [0.1, 0.15) is 6.54 Å². The number of rotatable bonds is 8. The Labute approximate surface area is 204 Å². The summed E-state index contributed by atoms with van der Waals surface area (Å²) in [6, 6.07) is 11.8. The molecule has 0 bridgehead atoms. The number of hydrogen-bond donors (Lipinski definition) is 1. The van der Waals surface area contributed by atoms with E-state index in [2.05, 4.69) is 10.4 Å². The molecular formula is C24H29N5O5S. The highest BCUT2D eigenvalue weighted by atomic mass is 32.2. The first-order chi connectivity index (χ1) is 16.8. The Balaban J connectivity index is 1.66. The normalized spacial score (nSPS) is 14.7. The lowest BCUT2D eigenvalue weighted by Gasteiger charge is -2.28. The average Bonchev–Trinajstić information content (AvgIpc) is 2.88. The van der Waals surface area contributed by atoms with Crippen molar-refractivity contribution < 1.29 is 17.9 Å². The fourth-order valence-electron chi connectivity index (χ4n) is 4.16. The lowest BCUT2D eigenvalue weighted by atomic mass is 10.2. The molecule has 10 nitrogen and oxygen atoms in total. The summed E-state index contributed by atoms with van der Waals surface area (Å²) in [5.41, 5.74) is 1.45. The van der Waals surface area contributed by atoms with Gasteiger partial charge in [0.25, 0.3) is 0 Å². The van der Waals surface area contributed by atoms with E-state index in [9.17, 15) is 18.0 Å². The standard InChI is InChI=1S/C24H29N5O5S/c1-3-27(4-2)22-10-9-18(35(32,33)28-11-13-34-14-12-28)15-20(22)26-24(31)17-29-21-8-6-5-7-19(21)23(30)16-25-29/h5-10,15-16H,3-4,11-14,17H2,1-2H3,(H,26,31). The smallest absolute Gasteiger partial charge is 0.246 e. The Morgan fingerprint density at radius 2 is 1.83 bits per heavy atom. The molecule has 0 aliphatic carbocycles. The minimum Gasteiger partial charge on any atom is -0.379 e. The second kappa shape index (κ2) is 10.5. The minimum absolute atomic E-state index is 0.109. The van der Waals surface area contributed by atoms with Crippen LogP contribution in [0.2, 0.25) is 0 Å². The van der Waals surface area contributed by atoms with E-state index in [4.69, 9.17) is 4.74 Å². The molecule has 1 saturated heterocycles. The molecule has 0 spiro atoms. The molecule has 0 radical (unpaired) electrons. The number of anilines is 2.